The van der Waals surface area contributed by atoms with E-state index in [0.717, 1.165) is 0 Å². The third-order valence-corrected chi connectivity index (χ3v) is 4.29. The molecule has 2 aromatic carbocycles. The van der Waals surface area contributed by atoms with Crippen LogP contribution in [-0.4, -0.2) is 45.3 Å². The van der Waals surface area contributed by atoms with Crippen molar-refractivity contribution in [3.63, 3.8) is 0 Å². The van der Waals surface area contributed by atoms with Crippen LogP contribution in [0, 0.1) is 10.1 Å². The van der Waals surface area contributed by atoms with Gasteiger partial charge >= 0.3 is 5.97 Å². The summed E-state index contributed by atoms with van der Waals surface area (Å²) in [5.74, 6) is -1.05. The number of hydrogen-bond acceptors (Lipinski definition) is 7. The number of nitrogens with zero attached hydrogens (tertiary/aromatic N) is 3. The van der Waals surface area contributed by atoms with E-state index in [0.29, 0.717) is 10.6 Å². The zero-order valence-electron chi connectivity index (χ0n) is 15.6. The van der Waals surface area contributed by atoms with Gasteiger partial charge in [-0.05, 0) is 23.8 Å². The lowest BCUT2D eigenvalue weighted by Crippen LogP contribution is -2.42. The van der Waals surface area contributed by atoms with Gasteiger partial charge in [-0.15, -0.1) is 0 Å². The normalized spacial score (nSPS) is 11.6. The molecule has 0 aliphatic heterocycles. The Bertz CT molecular complexity index is 1060. The summed E-state index contributed by atoms with van der Waals surface area (Å²) >= 11 is 0. The first-order chi connectivity index (χ1) is 14.5. The molecule has 0 bridgehead atoms. The summed E-state index contributed by atoms with van der Waals surface area (Å²) in [6.07, 6.45) is 1.76. The van der Waals surface area contributed by atoms with Gasteiger partial charge in [0, 0.05) is 18.7 Å². The maximum absolute atomic E-state index is 11.6. The van der Waals surface area contributed by atoms with Gasteiger partial charge in [-0.3, -0.25) is 19.9 Å². The van der Waals surface area contributed by atoms with E-state index in [-0.39, 0.29) is 35.2 Å². The number of nitro groups is 1. The number of aliphatic carboxylic acids is 1. The summed E-state index contributed by atoms with van der Waals surface area (Å²) in [7, 11) is 0. The quantitative estimate of drug-likeness (QED) is 0.233. The van der Waals surface area contributed by atoms with Gasteiger partial charge in [0.2, 0.25) is 13.2 Å². The molecule has 10 nitrogen and oxygen atoms in total. The van der Waals surface area contributed by atoms with Gasteiger partial charge in [-0.25, -0.2) is 14.7 Å². The highest BCUT2D eigenvalue weighted by molar-refractivity contribution is 5.92. The second kappa shape index (κ2) is 9.43. The predicted octanol–water partition coefficient (Wildman–Crippen LogP) is 2.57. The average Bonchev–Trinajstić information content (AvgIpc) is 2.75. The number of pyridine rings is 1. The topological polar surface area (TPSA) is 132 Å². The van der Waals surface area contributed by atoms with E-state index in [1.807, 2.05) is 0 Å². The molecule has 1 N–H and O–H groups in total. The number of fused-ring (bicyclic) bond motifs is 1. The Balaban J connectivity index is 1.72. The molecule has 1 heterocycles. The van der Waals surface area contributed by atoms with Crippen LogP contribution in [0.4, 0.5) is 5.69 Å². The molecule has 30 heavy (non-hydrogen) atoms. The van der Waals surface area contributed by atoms with Gasteiger partial charge in [0.1, 0.15) is 11.3 Å². The standard InChI is InChI=1S/C20H17N3O7/c24-12-22(17(20(25)26)11-14-5-2-1-3-6-14)30-13-29-18-9-8-16(23(27)28)15-7-4-10-21-19(15)18/h1-10,12,17H,11,13H2,(H,25,26)/t17-/m0/s1. The molecular weight excluding hydrogens is 394 g/mol. The predicted molar refractivity (Wildman–Crippen MR) is 104 cm³/mol. The van der Waals surface area contributed by atoms with Crippen LogP contribution in [0.2, 0.25) is 0 Å². The van der Waals surface area contributed by atoms with Crippen LogP contribution >= 0.6 is 0 Å². The lowest BCUT2D eigenvalue weighted by molar-refractivity contribution is -0.383. The van der Waals surface area contributed by atoms with Crippen molar-refractivity contribution in [3.05, 3.63) is 76.5 Å². The van der Waals surface area contributed by atoms with Gasteiger partial charge in [0.05, 0.1) is 10.3 Å². The highest BCUT2D eigenvalue weighted by Gasteiger charge is 2.26. The molecular formula is C20H17N3O7. The van der Waals surface area contributed by atoms with Crippen molar-refractivity contribution in [2.24, 2.45) is 0 Å². The van der Waals surface area contributed by atoms with Crippen molar-refractivity contribution >= 4 is 29.0 Å². The van der Waals surface area contributed by atoms with Gasteiger partial charge < -0.3 is 9.84 Å². The number of carboxylic acids is 1. The number of carbonyl (C=O) groups is 2. The van der Waals surface area contributed by atoms with Crippen LogP contribution in [0.3, 0.4) is 0 Å². The van der Waals surface area contributed by atoms with E-state index in [2.05, 4.69) is 4.98 Å². The van der Waals surface area contributed by atoms with E-state index in [9.17, 15) is 24.8 Å². The van der Waals surface area contributed by atoms with Gasteiger partial charge in [-0.1, -0.05) is 30.3 Å². The van der Waals surface area contributed by atoms with Crippen molar-refractivity contribution < 1.29 is 29.2 Å². The first-order valence-electron chi connectivity index (χ1n) is 8.79. The Morgan fingerprint density at radius 3 is 2.63 bits per heavy atom. The van der Waals surface area contributed by atoms with Crippen molar-refractivity contribution in [3.8, 4) is 5.75 Å². The molecule has 0 spiro atoms. The van der Waals surface area contributed by atoms with Crippen LogP contribution in [0.15, 0.2) is 60.8 Å². The number of amides is 1. The lowest BCUT2D eigenvalue weighted by Gasteiger charge is -2.24. The smallest absolute Gasteiger partial charge is 0.329 e. The number of carbonyl (C=O) groups excluding carboxylic acids is 1. The van der Waals surface area contributed by atoms with Crippen molar-refractivity contribution in [1.82, 2.24) is 10.0 Å². The molecule has 0 saturated heterocycles. The number of ether oxygens (including phenoxy) is 1. The molecule has 1 aromatic heterocycles. The number of aromatic nitrogens is 1. The van der Waals surface area contributed by atoms with Crippen LogP contribution in [0.1, 0.15) is 5.56 Å². The maximum atomic E-state index is 11.6. The summed E-state index contributed by atoms with van der Waals surface area (Å²) in [6, 6.07) is 13.3. The van der Waals surface area contributed by atoms with Gasteiger partial charge in [0.15, 0.2) is 6.04 Å². The number of nitro benzene ring substituents is 1. The van der Waals surface area contributed by atoms with Crippen molar-refractivity contribution in [2.45, 2.75) is 12.5 Å². The molecule has 0 saturated carbocycles. The monoisotopic (exact) mass is 411 g/mol. The van der Waals surface area contributed by atoms with E-state index in [4.69, 9.17) is 9.57 Å². The minimum absolute atomic E-state index is 0.0386. The molecule has 3 aromatic rings. The molecule has 0 fully saturated rings. The van der Waals surface area contributed by atoms with Crippen LogP contribution in [-0.2, 0) is 20.8 Å². The largest absolute Gasteiger partial charge is 0.480 e. The zero-order valence-corrected chi connectivity index (χ0v) is 15.6. The second-order valence-corrected chi connectivity index (χ2v) is 6.14. The molecule has 154 valence electrons. The third kappa shape index (κ3) is 4.67. The van der Waals surface area contributed by atoms with Gasteiger partial charge in [-0.2, -0.15) is 0 Å². The fourth-order valence-corrected chi connectivity index (χ4v) is 2.88. The summed E-state index contributed by atoms with van der Waals surface area (Å²) in [5.41, 5.74) is 0.827. The molecule has 0 unspecified atom stereocenters. The Kier molecular flexibility index (Phi) is 6.50. The fraction of sp³-hybridized carbons (Fsp3) is 0.150. The lowest BCUT2D eigenvalue weighted by atomic mass is 10.1. The summed E-state index contributed by atoms with van der Waals surface area (Å²) < 4.78 is 5.47. The fourth-order valence-electron chi connectivity index (χ4n) is 2.88. The molecule has 0 radical (unpaired) electrons. The van der Waals surface area contributed by atoms with E-state index in [1.54, 1.807) is 36.4 Å². The summed E-state index contributed by atoms with van der Waals surface area (Å²) in [4.78, 5) is 43.0. The Labute approximate surface area is 170 Å². The third-order valence-electron chi connectivity index (χ3n) is 4.29. The maximum Gasteiger partial charge on any atom is 0.329 e. The van der Waals surface area contributed by atoms with Crippen LogP contribution < -0.4 is 4.74 Å². The Morgan fingerprint density at radius 1 is 1.20 bits per heavy atom. The molecule has 1 amide bonds. The first kappa shape index (κ1) is 20.7. The Hall–Kier alpha value is -4.05. The summed E-state index contributed by atoms with van der Waals surface area (Å²) in [6.45, 7) is -0.499. The van der Waals surface area contributed by atoms with Crippen molar-refractivity contribution in [1.29, 1.82) is 0 Å². The Morgan fingerprint density at radius 2 is 1.97 bits per heavy atom. The number of hydroxylamine groups is 2. The summed E-state index contributed by atoms with van der Waals surface area (Å²) in [5, 5.41) is 21.6. The SMILES string of the molecule is O=CN(OCOc1ccc([N+](=O)[O-])c2cccnc12)[C@@H](Cc1ccccc1)C(=O)O. The number of carboxylic acid groups (broad SMARTS) is 1. The van der Waals surface area contributed by atoms with Crippen LogP contribution in [0.25, 0.3) is 10.9 Å². The highest BCUT2D eigenvalue weighted by atomic mass is 16.8. The number of hydrogen-bond donors (Lipinski definition) is 1. The second-order valence-electron chi connectivity index (χ2n) is 6.14. The number of benzene rings is 2. The first-order valence-corrected chi connectivity index (χ1v) is 8.79. The van der Waals surface area contributed by atoms with Crippen LogP contribution in [0.5, 0.6) is 5.75 Å². The molecule has 1 atom stereocenters. The average molecular weight is 411 g/mol. The van der Waals surface area contributed by atoms with E-state index >= 15 is 0 Å². The highest BCUT2D eigenvalue weighted by Crippen LogP contribution is 2.31. The number of rotatable bonds is 10. The van der Waals surface area contributed by atoms with Gasteiger partial charge in [0.25, 0.3) is 5.69 Å². The number of non-ortho nitro benzene ring substituents is 1. The zero-order chi connectivity index (χ0) is 21.5. The molecule has 0 aliphatic rings. The minimum Gasteiger partial charge on any atom is -0.480 e. The van der Waals surface area contributed by atoms with E-state index in [1.165, 1.54) is 24.4 Å². The molecule has 3 rings (SSSR count). The minimum atomic E-state index is -1.26. The molecule has 10 heteroatoms. The van der Waals surface area contributed by atoms with E-state index < -0.39 is 23.7 Å². The van der Waals surface area contributed by atoms with Crippen molar-refractivity contribution in [2.75, 3.05) is 6.79 Å². The molecule has 0 aliphatic carbocycles.